The van der Waals surface area contributed by atoms with Crippen molar-refractivity contribution < 1.29 is 18.3 Å². The molecule has 4 heteroatoms. The molecule has 0 spiro atoms. The fourth-order valence-corrected chi connectivity index (χ4v) is 1.29. The number of allylic oxidation sites excluding steroid dienone is 1. The van der Waals surface area contributed by atoms with Crippen LogP contribution < -0.4 is 0 Å². The SMILES string of the molecule is CC(=CC(C)(O)C(F)(F)F)c1ccccc1. The highest BCUT2D eigenvalue weighted by atomic mass is 19.4. The summed E-state index contributed by atoms with van der Waals surface area (Å²) < 4.78 is 37.2. The molecule has 1 aromatic carbocycles. The van der Waals surface area contributed by atoms with Crippen LogP contribution in [-0.2, 0) is 0 Å². The fourth-order valence-electron chi connectivity index (χ4n) is 1.29. The van der Waals surface area contributed by atoms with Crippen LogP contribution in [-0.4, -0.2) is 16.9 Å². The van der Waals surface area contributed by atoms with Crippen molar-refractivity contribution in [2.24, 2.45) is 0 Å². The smallest absolute Gasteiger partial charge is 0.377 e. The third-order valence-corrected chi connectivity index (χ3v) is 2.30. The predicted molar refractivity (Wildman–Crippen MR) is 56.8 cm³/mol. The maximum atomic E-state index is 12.4. The first kappa shape index (κ1) is 12.8. The van der Waals surface area contributed by atoms with Gasteiger partial charge in [0, 0.05) is 0 Å². The molecule has 0 amide bonds. The Balaban J connectivity index is 3.03. The van der Waals surface area contributed by atoms with Gasteiger partial charge in [0.2, 0.25) is 0 Å². The van der Waals surface area contributed by atoms with E-state index in [0.29, 0.717) is 11.1 Å². The van der Waals surface area contributed by atoms with Gasteiger partial charge in [-0.15, -0.1) is 0 Å². The molecule has 0 aliphatic heterocycles. The molecule has 1 rings (SSSR count). The van der Waals surface area contributed by atoms with Crippen molar-refractivity contribution in [1.82, 2.24) is 0 Å². The van der Waals surface area contributed by atoms with Crippen LogP contribution in [0.5, 0.6) is 0 Å². The Hall–Kier alpha value is -1.29. The van der Waals surface area contributed by atoms with Gasteiger partial charge in [-0.2, -0.15) is 13.2 Å². The molecule has 0 fully saturated rings. The molecule has 88 valence electrons. The summed E-state index contributed by atoms with van der Waals surface area (Å²) in [6, 6.07) is 8.62. The minimum absolute atomic E-state index is 0.392. The Labute approximate surface area is 92.2 Å². The van der Waals surface area contributed by atoms with Crippen molar-refractivity contribution in [2.75, 3.05) is 0 Å². The van der Waals surface area contributed by atoms with Gasteiger partial charge in [0.15, 0.2) is 5.60 Å². The highest BCUT2D eigenvalue weighted by Crippen LogP contribution is 2.33. The maximum absolute atomic E-state index is 12.4. The van der Waals surface area contributed by atoms with Gasteiger partial charge in [-0.25, -0.2) is 0 Å². The minimum Gasteiger partial charge on any atom is -0.377 e. The molecule has 0 aliphatic carbocycles. The van der Waals surface area contributed by atoms with Crippen LogP contribution in [0.25, 0.3) is 5.57 Å². The topological polar surface area (TPSA) is 20.2 Å². The van der Waals surface area contributed by atoms with Gasteiger partial charge in [0.05, 0.1) is 0 Å². The third kappa shape index (κ3) is 2.85. The van der Waals surface area contributed by atoms with Crippen molar-refractivity contribution in [3.63, 3.8) is 0 Å². The van der Waals surface area contributed by atoms with Gasteiger partial charge in [0.1, 0.15) is 0 Å². The van der Waals surface area contributed by atoms with E-state index < -0.39 is 11.8 Å². The Morgan fingerprint density at radius 2 is 1.69 bits per heavy atom. The lowest BCUT2D eigenvalue weighted by Crippen LogP contribution is -2.40. The van der Waals surface area contributed by atoms with Crippen molar-refractivity contribution >= 4 is 5.57 Å². The normalized spacial score (nSPS) is 17.0. The molecule has 0 saturated carbocycles. The second kappa shape index (κ2) is 4.29. The summed E-state index contributed by atoms with van der Waals surface area (Å²) in [5.74, 6) is 0. The average Bonchev–Trinajstić information content (AvgIpc) is 2.16. The van der Waals surface area contributed by atoms with E-state index in [1.165, 1.54) is 6.92 Å². The molecular weight excluding hydrogens is 217 g/mol. The molecule has 0 heterocycles. The van der Waals surface area contributed by atoms with E-state index in [9.17, 15) is 18.3 Å². The van der Waals surface area contributed by atoms with E-state index in [-0.39, 0.29) is 0 Å². The number of halogens is 3. The van der Waals surface area contributed by atoms with E-state index in [0.717, 1.165) is 13.0 Å². The fraction of sp³-hybridized carbons (Fsp3) is 0.333. The van der Waals surface area contributed by atoms with Gasteiger partial charge in [-0.1, -0.05) is 30.3 Å². The predicted octanol–water partition coefficient (Wildman–Crippen LogP) is 3.40. The first-order valence-electron chi connectivity index (χ1n) is 4.78. The molecule has 0 bridgehead atoms. The monoisotopic (exact) mass is 230 g/mol. The van der Waals surface area contributed by atoms with Crippen LogP contribution in [0, 0.1) is 0 Å². The lowest BCUT2D eigenvalue weighted by atomic mass is 9.98. The Bertz CT molecular complexity index is 377. The first-order valence-corrected chi connectivity index (χ1v) is 4.78. The van der Waals surface area contributed by atoms with Crippen LogP contribution in [0.2, 0.25) is 0 Å². The number of rotatable bonds is 2. The number of hydrogen-bond donors (Lipinski definition) is 1. The summed E-state index contributed by atoms with van der Waals surface area (Å²) in [4.78, 5) is 0. The lowest BCUT2D eigenvalue weighted by molar-refractivity contribution is -0.232. The van der Waals surface area contributed by atoms with Crippen LogP contribution in [0.1, 0.15) is 19.4 Å². The van der Waals surface area contributed by atoms with Crippen LogP contribution in [0.3, 0.4) is 0 Å². The van der Waals surface area contributed by atoms with Crippen molar-refractivity contribution in [2.45, 2.75) is 25.6 Å². The molecule has 1 nitrogen and oxygen atoms in total. The molecule has 0 saturated heterocycles. The van der Waals surface area contributed by atoms with Gasteiger partial charge >= 0.3 is 6.18 Å². The lowest BCUT2D eigenvalue weighted by Gasteiger charge is -2.23. The van der Waals surface area contributed by atoms with Crippen LogP contribution in [0.4, 0.5) is 13.2 Å². The zero-order valence-electron chi connectivity index (χ0n) is 9.05. The quantitative estimate of drug-likeness (QED) is 0.825. The van der Waals surface area contributed by atoms with Gasteiger partial charge in [-0.05, 0) is 31.1 Å². The molecular formula is C12H13F3O. The number of alkyl halides is 3. The average molecular weight is 230 g/mol. The van der Waals surface area contributed by atoms with Crippen molar-refractivity contribution in [1.29, 1.82) is 0 Å². The largest absolute Gasteiger partial charge is 0.420 e. The van der Waals surface area contributed by atoms with Crippen molar-refractivity contribution in [3.05, 3.63) is 42.0 Å². The third-order valence-electron chi connectivity index (χ3n) is 2.30. The molecule has 1 unspecified atom stereocenters. The second-order valence-electron chi connectivity index (χ2n) is 3.84. The summed E-state index contributed by atoms with van der Waals surface area (Å²) in [6.45, 7) is 2.27. The highest BCUT2D eigenvalue weighted by Gasteiger charge is 2.48. The molecule has 16 heavy (non-hydrogen) atoms. The van der Waals surface area contributed by atoms with E-state index in [2.05, 4.69) is 0 Å². The molecule has 0 radical (unpaired) electrons. The Morgan fingerprint density at radius 3 is 2.12 bits per heavy atom. The molecule has 0 aromatic heterocycles. The minimum atomic E-state index is -4.66. The first-order chi connectivity index (χ1) is 7.24. The summed E-state index contributed by atoms with van der Waals surface area (Å²) in [7, 11) is 0. The zero-order valence-corrected chi connectivity index (χ0v) is 9.05. The number of benzene rings is 1. The van der Waals surface area contributed by atoms with E-state index in [1.807, 2.05) is 0 Å². The second-order valence-corrected chi connectivity index (χ2v) is 3.84. The summed E-state index contributed by atoms with van der Waals surface area (Å²) in [6.07, 6.45) is -3.84. The summed E-state index contributed by atoms with van der Waals surface area (Å²) in [5.41, 5.74) is -1.75. The Kier molecular flexibility index (Phi) is 3.43. The van der Waals surface area contributed by atoms with Gasteiger partial charge in [-0.3, -0.25) is 0 Å². The maximum Gasteiger partial charge on any atom is 0.420 e. The van der Waals surface area contributed by atoms with Crippen molar-refractivity contribution in [3.8, 4) is 0 Å². The van der Waals surface area contributed by atoms with E-state index in [1.54, 1.807) is 30.3 Å². The highest BCUT2D eigenvalue weighted by molar-refractivity contribution is 5.64. The number of hydrogen-bond acceptors (Lipinski definition) is 1. The molecule has 0 aliphatic rings. The zero-order chi connectivity index (χ0) is 12.4. The van der Waals surface area contributed by atoms with E-state index >= 15 is 0 Å². The molecule has 1 aromatic rings. The molecule has 1 N–H and O–H groups in total. The number of aliphatic hydroxyl groups is 1. The summed E-state index contributed by atoms with van der Waals surface area (Å²) >= 11 is 0. The summed E-state index contributed by atoms with van der Waals surface area (Å²) in [5, 5.41) is 9.28. The standard InChI is InChI=1S/C12H13F3O/c1-9(10-6-4-3-5-7-10)8-11(2,16)12(13,14)15/h3-8,16H,1-2H3. The van der Waals surface area contributed by atoms with Gasteiger partial charge in [0.25, 0.3) is 0 Å². The Morgan fingerprint density at radius 1 is 1.19 bits per heavy atom. The van der Waals surface area contributed by atoms with Crippen LogP contribution in [0.15, 0.2) is 36.4 Å². The van der Waals surface area contributed by atoms with Crippen LogP contribution >= 0.6 is 0 Å². The van der Waals surface area contributed by atoms with Gasteiger partial charge < -0.3 is 5.11 Å². The van der Waals surface area contributed by atoms with E-state index in [4.69, 9.17) is 0 Å². The molecule has 1 atom stereocenters.